The molecule has 0 fully saturated rings. The third-order valence-corrected chi connectivity index (χ3v) is 11.0. The van der Waals surface area contributed by atoms with E-state index in [-0.39, 0.29) is 38.4 Å². The van der Waals surface area contributed by atoms with Crippen molar-refractivity contribution in [1.82, 2.24) is 29.1 Å². The van der Waals surface area contributed by atoms with Gasteiger partial charge in [-0.25, -0.2) is 31.5 Å². The number of benzene rings is 3. The molecule has 14 nitrogen and oxygen atoms in total. The van der Waals surface area contributed by atoms with Gasteiger partial charge >= 0.3 is 0 Å². The Morgan fingerprint density at radius 2 is 1.15 bits per heavy atom. The molecule has 0 spiro atoms. The van der Waals surface area contributed by atoms with Crippen LogP contribution in [0.5, 0.6) is 5.75 Å². The van der Waals surface area contributed by atoms with E-state index in [0.717, 1.165) is 6.26 Å². The first kappa shape index (κ1) is 38.1. The van der Waals surface area contributed by atoms with Gasteiger partial charge in [-0.1, -0.05) is 59.6 Å². The van der Waals surface area contributed by atoms with Crippen LogP contribution in [0.15, 0.2) is 117 Å². The highest BCUT2D eigenvalue weighted by Gasteiger charge is 2.19. The highest BCUT2D eigenvalue weighted by Crippen LogP contribution is 2.28. The first-order chi connectivity index (χ1) is 25.6. The standard InChI is InChI=1S/C21H17ClN4O4S.C15H12ClN3O3S/c1-26-19-13(11-17(20(26)27)16-5-3-4-6-18(16)22)12-23-21(24-19)25-31(28,29)15-9-7-14(30-2)8-10-15;1-19-13-9(8-17-15(18-13)23(2,21)22)7-11(14(19)20)10-5-3-4-6-12(10)16/h3-12H,1-2H3,(H,23,24,25);3-8H,1-2H3. The minimum Gasteiger partial charge on any atom is -0.497 e. The number of methoxy groups -OCH3 is 1. The van der Waals surface area contributed by atoms with Crippen LogP contribution < -0.4 is 20.6 Å². The molecule has 7 rings (SSSR count). The van der Waals surface area contributed by atoms with Crippen LogP contribution in [0.4, 0.5) is 5.95 Å². The lowest BCUT2D eigenvalue weighted by atomic mass is 10.1. The van der Waals surface area contributed by atoms with Gasteiger partial charge in [0, 0.05) is 75.8 Å². The number of aromatic nitrogens is 6. The first-order valence-corrected chi connectivity index (χ1v) is 19.8. The van der Waals surface area contributed by atoms with Crippen LogP contribution >= 0.6 is 23.2 Å². The molecule has 0 saturated heterocycles. The first-order valence-electron chi connectivity index (χ1n) is 15.7. The van der Waals surface area contributed by atoms with Crippen molar-refractivity contribution in [3.05, 3.63) is 128 Å². The zero-order valence-electron chi connectivity index (χ0n) is 28.9. The number of nitrogens with zero attached hydrogens (tertiary/aromatic N) is 6. The zero-order chi connectivity index (χ0) is 38.9. The highest BCUT2D eigenvalue weighted by molar-refractivity contribution is 7.92. The maximum Gasteiger partial charge on any atom is 0.264 e. The molecule has 0 atom stereocenters. The molecule has 54 heavy (non-hydrogen) atoms. The van der Waals surface area contributed by atoms with E-state index in [1.54, 1.807) is 67.7 Å². The Hall–Kier alpha value is -5.68. The number of hydrogen-bond acceptors (Lipinski definition) is 11. The van der Waals surface area contributed by atoms with E-state index >= 15 is 0 Å². The average Bonchev–Trinajstić information content (AvgIpc) is 3.15. The molecule has 0 aliphatic carbocycles. The summed E-state index contributed by atoms with van der Waals surface area (Å²) in [7, 11) is -2.89. The van der Waals surface area contributed by atoms with Crippen molar-refractivity contribution in [2.24, 2.45) is 14.1 Å². The van der Waals surface area contributed by atoms with Crippen molar-refractivity contribution in [3.8, 4) is 28.0 Å². The van der Waals surface area contributed by atoms with E-state index in [1.807, 2.05) is 0 Å². The second kappa shape index (κ2) is 15.0. The summed E-state index contributed by atoms with van der Waals surface area (Å²) in [5.74, 6) is 0.383. The van der Waals surface area contributed by atoms with Crippen LogP contribution in [0, 0.1) is 0 Å². The summed E-state index contributed by atoms with van der Waals surface area (Å²) >= 11 is 12.4. The quantitative estimate of drug-likeness (QED) is 0.200. The monoisotopic (exact) mass is 805 g/mol. The molecule has 0 saturated carbocycles. The van der Waals surface area contributed by atoms with Crippen LogP contribution in [0.2, 0.25) is 10.0 Å². The summed E-state index contributed by atoms with van der Waals surface area (Å²) in [5, 5.41) is 1.70. The number of sulfonamides is 1. The van der Waals surface area contributed by atoms with E-state index in [4.69, 9.17) is 27.9 Å². The molecule has 0 amide bonds. The van der Waals surface area contributed by atoms with Gasteiger partial charge in [0.2, 0.25) is 20.9 Å². The number of pyridine rings is 2. The van der Waals surface area contributed by atoms with Crippen molar-refractivity contribution in [2.75, 3.05) is 18.1 Å². The number of rotatable bonds is 7. The van der Waals surface area contributed by atoms with E-state index in [0.29, 0.717) is 48.8 Å². The van der Waals surface area contributed by atoms with Crippen molar-refractivity contribution in [3.63, 3.8) is 0 Å². The van der Waals surface area contributed by atoms with Gasteiger partial charge in [0.15, 0.2) is 0 Å². The number of fused-ring (bicyclic) bond motifs is 2. The molecule has 0 bridgehead atoms. The second-order valence-electron chi connectivity index (χ2n) is 11.8. The number of aryl methyl sites for hydroxylation is 2. The van der Waals surface area contributed by atoms with Crippen LogP contribution in [-0.2, 0) is 34.0 Å². The Bertz CT molecular complexity index is 2940. The summed E-state index contributed by atoms with van der Waals surface area (Å²) in [5.41, 5.74) is 1.90. The smallest absolute Gasteiger partial charge is 0.264 e. The SMILES string of the molecule is COc1ccc(S(=O)(=O)Nc2ncc3cc(-c4ccccc4Cl)c(=O)n(C)c3n2)cc1.Cn1c(=O)c(-c2ccccc2Cl)cc2cnc(S(C)(=O)=O)nc21. The number of ether oxygens (including phenoxy) is 1. The van der Waals surface area contributed by atoms with Crippen molar-refractivity contribution < 1.29 is 21.6 Å². The number of hydrogen-bond donors (Lipinski definition) is 1. The molecule has 7 aromatic rings. The summed E-state index contributed by atoms with van der Waals surface area (Å²) in [6, 6.07) is 23.2. The Balaban J connectivity index is 0.000000193. The average molecular weight is 807 g/mol. The van der Waals surface area contributed by atoms with Crippen molar-refractivity contribution in [1.29, 1.82) is 0 Å². The van der Waals surface area contributed by atoms with Gasteiger partial charge in [-0.3, -0.25) is 18.7 Å². The number of halogens is 2. The molecule has 4 aromatic heterocycles. The van der Waals surface area contributed by atoms with Gasteiger partial charge < -0.3 is 4.74 Å². The fraction of sp³-hybridized carbons (Fsp3) is 0.111. The van der Waals surface area contributed by atoms with E-state index in [1.165, 1.54) is 60.0 Å². The number of sulfone groups is 1. The molecular weight excluding hydrogens is 777 g/mol. The summed E-state index contributed by atoms with van der Waals surface area (Å²) in [6.07, 6.45) is 3.86. The minimum atomic E-state index is -3.92. The summed E-state index contributed by atoms with van der Waals surface area (Å²) in [4.78, 5) is 41.7. The fourth-order valence-electron chi connectivity index (χ4n) is 5.38. The molecule has 4 heterocycles. The maximum atomic E-state index is 12.9. The molecule has 0 unspecified atom stereocenters. The molecule has 0 aliphatic rings. The number of nitrogens with one attached hydrogen (secondary N) is 1. The lowest BCUT2D eigenvalue weighted by molar-refractivity contribution is 0.414. The fourth-order valence-corrected chi connectivity index (χ4v) is 7.31. The topological polar surface area (TPSA) is 185 Å². The Labute approximate surface area is 318 Å². The summed E-state index contributed by atoms with van der Waals surface area (Å²) < 4.78 is 58.5. The van der Waals surface area contributed by atoms with E-state index < -0.39 is 19.9 Å². The predicted molar refractivity (Wildman–Crippen MR) is 207 cm³/mol. The molecule has 276 valence electrons. The lowest BCUT2D eigenvalue weighted by Crippen LogP contribution is -2.21. The van der Waals surface area contributed by atoms with Gasteiger partial charge in [0.25, 0.3) is 21.1 Å². The van der Waals surface area contributed by atoms with Crippen molar-refractivity contribution >= 4 is 71.1 Å². The normalized spacial score (nSPS) is 11.6. The summed E-state index contributed by atoms with van der Waals surface area (Å²) in [6.45, 7) is 0. The highest BCUT2D eigenvalue weighted by atomic mass is 35.5. The van der Waals surface area contributed by atoms with Gasteiger partial charge in [-0.15, -0.1) is 0 Å². The van der Waals surface area contributed by atoms with E-state index in [9.17, 15) is 26.4 Å². The third kappa shape index (κ3) is 7.68. The Kier molecular flexibility index (Phi) is 10.6. The Morgan fingerprint density at radius 3 is 1.63 bits per heavy atom. The van der Waals surface area contributed by atoms with Crippen LogP contribution in [0.25, 0.3) is 44.3 Å². The van der Waals surface area contributed by atoms with E-state index in [2.05, 4.69) is 24.7 Å². The Morgan fingerprint density at radius 1 is 0.667 bits per heavy atom. The van der Waals surface area contributed by atoms with Gasteiger partial charge in [-0.2, -0.15) is 9.97 Å². The zero-order valence-corrected chi connectivity index (χ0v) is 32.0. The van der Waals surface area contributed by atoms with Gasteiger partial charge in [0.05, 0.1) is 12.0 Å². The molecule has 0 radical (unpaired) electrons. The van der Waals surface area contributed by atoms with Crippen LogP contribution in [0.3, 0.4) is 0 Å². The number of anilines is 1. The molecule has 3 aromatic carbocycles. The minimum absolute atomic E-state index is 0.0277. The third-order valence-electron chi connectivity index (χ3n) is 8.13. The van der Waals surface area contributed by atoms with Crippen LogP contribution in [0.1, 0.15) is 0 Å². The van der Waals surface area contributed by atoms with Gasteiger partial charge in [-0.05, 0) is 48.5 Å². The molecular formula is C36H29Cl2N7O7S2. The lowest BCUT2D eigenvalue weighted by Gasteiger charge is -2.11. The maximum absolute atomic E-state index is 12.9. The van der Waals surface area contributed by atoms with Gasteiger partial charge in [0.1, 0.15) is 17.0 Å². The predicted octanol–water partition coefficient (Wildman–Crippen LogP) is 5.51. The van der Waals surface area contributed by atoms with Crippen LogP contribution in [-0.4, -0.2) is 59.3 Å². The molecule has 0 aliphatic heterocycles. The second-order valence-corrected chi connectivity index (χ2v) is 16.2. The molecule has 18 heteroatoms. The largest absolute Gasteiger partial charge is 0.497 e. The molecule has 1 N–H and O–H groups in total. The van der Waals surface area contributed by atoms with Crippen molar-refractivity contribution in [2.45, 2.75) is 10.1 Å².